The molecule has 1 rings (SSSR count). The number of hydrogen-bond donors (Lipinski definition) is 0. The monoisotopic (exact) mass is 308 g/mol. The summed E-state index contributed by atoms with van der Waals surface area (Å²) in [6.07, 6.45) is -1.32. The first-order valence-corrected chi connectivity index (χ1v) is 4.51. The zero-order chi connectivity index (χ0) is 10.7. The van der Waals surface area contributed by atoms with Crippen molar-refractivity contribution in [3.8, 4) is 6.07 Å². The van der Waals surface area contributed by atoms with E-state index in [4.69, 9.17) is 5.26 Å². The summed E-state index contributed by atoms with van der Waals surface area (Å²) in [5, 5.41) is 8.62. The first-order chi connectivity index (χ1) is 6.61. The molecule has 72 valence electrons. The molecule has 0 aromatic carbocycles. The highest BCUT2D eigenvalue weighted by Crippen LogP contribution is 2.24. The molecule has 14 heavy (non-hydrogen) atoms. The van der Waals surface area contributed by atoms with E-state index in [1.165, 1.54) is 0 Å². The molecule has 0 saturated carbocycles. The summed E-state index contributed by atoms with van der Waals surface area (Å²) < 4.78 is 25.0. The van der Waals surface area contributed by atoms with Crippen LogP contribution in [0.25, 0.3) is 0 Å². The minimum Gasteiger partial charge on any atom is -0.298 e. The maximum absolute atomic E-state index is 12.3. The number of alkyl halides is 2. The van der Waals surface area contributed by atoms with E-state index in [1.54, 1.807) is 28.7 Å². The summed E-state index contributed by atoms with van der Waals surface area (Å²) in [5.74, 6) is 0. The number of aromatic nitrogens is 1. The molecule has 0 aliphatic rings. The van der Waals surface area contributed by atoms with Gasteiger partial charge in [0.15, 0.2) is 6.29 Å². The Labute approximate surface area is 91.9 Å². The smallest absolute Gasteiger partial charge is 0.281 e. The van der Waals surface area contributed by atoms with Crippen molar-refractivity contribution in [2.24, 2.45) is 0 Å². The average molecular weight is 308 g/mol. The number of carbonyl (C=O) groups excluding carboxylic acids is 1. The van der Waals surface area contributed by atoms with Crippen LogP contribution in [0.15, 0.2) is 6.20 Å². The zero-order valence-corrected chi connectivity index (χ0v) is 8.83. The zero-order valence-electron chi connectivity index (χ0n) is 6.67. The lowest BCUT2D eigenvalue weighted by atomic mass is 10.1. The van der Waals surface area contributed by atoms with E-state index in [2.05, 4.69) is 4.98 Å². The first kappa shape index (κ1) is 11.0. The number of aldehydes is 1. The fourth-order valence-electron chi connectivity index (χ4n) is 0.916. The van der Waals surface area contributed by atoms with Crippen LogP contribution in [0.4, 0.5) is 8.78 Å². The second-order valence-electron chi connectivity index (χ2n) is 2.31. The summed E-state index contributed by atoms with van der Waals surface area (Å²) in [6, 6.07) is 1.56. The first-order valence-electron chi connectivity index (χ1n) is 3.43. The molecule has 0 saturated heterocycles. The van der Waals surface area contributed by atoms with Gasteiger partial charge in [-0.3, -0.25) is 9.78 Å². The van der Waals surface area contributed by atoms with Crippen LogP contribution in [-0.2, 0) is 0 Å². The van der Waals surface area contributed by atoms with Crippen LogP contribution in [0, 0.1) is 14.9 Å². The Kier molecular flexibility index (Phi) is 3.46. The Morgan fingerprint density at radius 2 is 2.29 bits per heavy atom. The molecule has 1 aromatic heterocycles. The number of pyridine rings is 1. The largest absolute Gasteiger partial charge is 0.298 e. The number of hydrogen-bond acceptors (Lipinski definition) is 3. The van der Waals surface area contributed by atoms with Crippen LogP contribution >= 0.6 is 22.6 Å². The highest BCUT2D eigenvalue weighted by molar-refractivity contribution is 14.1. The van der Waals surface area contributed by atoms with Crippen molar-refractivity contribution >= 4 is 28.9 Å². The van der Waals surface area contributed by atoms with Gasteiger partial charge in [0.25, 0.3) is 6.43 Å². The van der Waals surface area contributed by atoms with Crippen molar-refractivity contribution in [1.29, 1.82) is 5.26 Å². The molecule has 1 heterocycles. The van der Waals surface area contributed by atoms with E-state index >= 15 is 0 Å². The topological polar surface area (TPSA) is 53.8 Å². The highest BCUT2D eigenvalue weighted by Gasteiger charge is 2.19. The maximum atomic E-state index is 12.3. The lowest BCUT2D eigenvalue weighted by Gasteiger charge is -2.04. The Hall–Kier alpha value is -1.10. The van der Waals surface area contributed by atoms with E-state index in [9.17, 15) is 13.6 Å². The van der Waals surface area contributed by atoms with Gasteiger partial charge in [0, 0.05) is 15.3 Å². The SMILES string of the molecule is N#Cc1c(C(F)F)ncc(I)c1C=O. The third-order valence-electron chi connectivity index (χ3n) is 1.54. The Morgan fingerprint density at radius 3 is 2.71 bits per heavy atom. The van der Waals surface area contributed by atoms with Gasteiger partial charge in [-0.1, -0.05) is 0 Å². The van der Waals surface area contributed by atoms with Gasteiger partial charge in [-0.2, -0.15) is 5.26 Å². The van der Waals surface area contributed by atoms with Gasteiger partial charge in [-0.25, -0.2) is 8.78 Å². The molecule has 0 aliphatic heterocycles. The van der Waals surface area contributed by atoms with E-state index in [0.717, 1.165) is 6.20 Å². The fourth-order valence-corrected chi connectivity index (χ4v) is 1.45. The summed E-state index contributed by atoms with van der Waals surface area (Å²) in [5.41, 5.74) is -1.02. The quantitative estimate of drug-likeness (QED) is 0.622. The van der Waals surface area contributed by atoms with Crippen LogP contribution < -0.4 is 0 Å². The standard InChI is InChI=1S/C8H3F2IN2O/c9-8(10)7-4(1-12)5(3-14)6(11)2-13-7/h2-3,8H. The maximum Gasteiger partial charge on any atom is 0.281 e. The third-order valence-corrected chi connectivity index (χ3v) is 2.40. The summed E-state index contributed by atoms with van der Waals surface area (Å²) in [4.78, 5) is 14.0. The van der Waals surface area contributed by atoms with Crippen molar-refractivity contribution in [1.82, 2.24) is 4.98 Å². The number of nitrogens with zero attached hydrogens (tertiary/aromatic N) is 2. The van der Waals surface area contributed by atoms with Crippen molar-refractivity contribution in [3.05, 3.63) is 26.6 Å². The van der Waals surface area contributed by atoms with Crippen molar-refractivity contribution in [2.45, 2.75) is 6.43 Å². The molecular weight excluding hydrogens is 305 g/mol. The Bertz CT molecular complexity index is 415. The van der Waals surface area contributed by atoms with E-state index in [1.807, 2.05) is 0 Å². The Morgan fingerprint density at radius 1 is 1.64 bits per heavy atom. The Balaban J connectivity index is 3.50. The van der Waals surface area contributed by atoms with E-state index < -0.39 is 12.1 Å². The van der Waals surface area contributed by atoms with E-state index in [-0.39, 0.29) is 11.1 Å². The van der Waals surface area contributed by atoms with Crippen molar-refractivity contribution in [2.75, 3.05) is 0 Å². The van der Waals surface area contributed by atoms with Crippen LogP contribution in [0.2, 0.25) is 0 Å². The number of halogens is 3. The number of nitriles is 1. The summed E-state index contributed by atoms with van der Waals surface area (Å²) >= 11 is 1.76. The minimum atomic E-state index is -2.85. The van der Waals surface area contributed by atoms with Crippen molar-refractivity contribution in [3.63, 3.8) is 0 Å². The van der Waals surface area contributed by atoms with Gasteiger partial charge in [0.2, 0.25) is 0 Å². The molecular formula is C8H3F2IN2O. The van der Waals surface area contributed by atoms with Gasteiger partial charge in [-0.15, -0.1) is 0 Å². The van der Waals surface area contributed by atoms with Crippen LogP contribution in [-0.4, -0.2) is 11.3 Å². The molecule has 0 amide bonds. The average Bonchev–Trinajstić information content (AvgIpc) is 2.16. The minimum absolute atomic E-state index is 0.0293. The van der Waals surface area contributed by atoms with Gasteiger partial charge in [0.05, 0.1) is 5.56 Å². The highest BCUT2D eigenvalue weighted by atomic mass is 127. The van der Waals surface area contributed by atoms with Gasteiger partial charge < -0.3 is 0 Å². The summed E-state index contributed by atoms with van der Waals surface area (Å²) in [7, 11) is 0. The predicted molar refractivity (Wildman–Crippen MR) is 52.0 cm³/mol. The number of rotatable bonds is 2. The van der Waals surface area contributed by atoms with Gasteiger partial charge >= 0.3 is 0 Å². The third kappa shape index (κ3) is 1.87. The van der Waals surface area contributed by atoms with Crippen LogP contribution in [0.5, 0.6) is 0 Å². The van der Waals surface area contributed by atoms with Crippen molar-refractivity contribution < 1.29 is 13.6 Å². The molecule has 0 radical (unpaired) electrons. The molecule has 0 aliphatic carbocycles. The molecule has 0 N–H and O–H groups in total. The normalized spacial score (nSPS) is 9.93. The lowest BCUT2D eigenvalue weighted by Crippen LogP contribution is -2.02. The second-order valence-corrected chi connectivity index (χ2v) is 3.47. The molecule has 0 bridgehead atoms. The number of carbonyl (C=O) groups is 1. The molecule has 1 aromatic rings. The lowest BCUT2D eigenvalue weighted by molar-refractivity contribution is 0.112. The fraction of sp³-hybridized carbons (Fsp3) is 0.125. The molecule has 0 fully saturated rings. The molecule has 3 nitrogen and oxygen atoms in total. The van der Waals surface area contributed by atoms with E-state index in [0.29, 0.717) is 9.86 Å². The predicted octanol–water partition coefficient (Wildman–Crippen LogP) is 2.31. The van der Waals surface area contributed by atoms with Crippen LogP contribution in [0.3, 0.4) is 0 Å². The molecule has 6 heteroatoms. The van der Waals surface area contributed by atoms with Gasteiger partial charge in [0.1, 0.15) is 11.8 Å². The second kappa shape index (κ2) is 4.41. The molecule has 0 spiro atoms. The molecule has 0 atom stereocenters. The van der Waals surface area contributed by atoms with Gasteiger partial charge in [-0.05, 0) is 22.6 Å². The summed E-state index contributed by atoms with van der Waals surface area (Å²) in [6.45, 7) is 0. The van der Waals surface area contributed by atoms with Crippen LogP contribution in [0.1, 0.15) is 28.0 Å². The molecule has 0 unspecified atom stereocenters.